The van der Waals surface area contributed by atoms with Crippen LogP contribution in [-0.2, 0) is 0 Å². The molecule has 0 atom stereocenters. The van der Waals surface area contributed by atoms with Crippen LogP contribution in [0.3, 0.4) is 0 Å². The van der Waals surface area contributed by atoms with Crippen molar-refractivity contribution >= 4 is 34.9 Å². The Balaban J connectivity index is 2.45. The third-order valence-electron chi connectivity index (χ3n) is 2.35. The highest BCUT2D eigenvalue weighted by atomic mass is 35.5. The maximum atomic E-state index is 10.9. The van der Waals surface area contributed by atoms with Gasteiger partial charge in [-0.1, -0.05) is 23.2 Å². The molecule has 1 aromatic heterocycles. The van der Waals surface area contributed by atoms with Crippen molar-refractivity contribution in [3.63, 3.8) is 0 Å². The molecule has 0 fully saturated rings. The summed E-state index contributed by atoms with van der Waals surface area (Å²) < 4.78 is 5.24. The van der Waals surface area contributed by atoms with Gasteiger partial charge in [-0.05, 0) is 12.1 Å². The molecule has 7 nitrogen and oxygen atoms in total. The number of benzene rings is 1. The quantitative estimate of drug-likeness (QED) is 0.520. The van der Waals surface area contributed by atoms with Crippen LogP contribution in [0, 0.1) is 10.1 Å². The van der Waals surface area contributed by atoms with Crippen molar-refractivity contribution in [1.29, 1.82) is 0 Å². The van der Waals surface area contributed by atoms with Gasteiger partial charge in [-0.3, -0.25) is 10.1 Å². The molecule has 1 aromatic carbocycles. The lowest BCUT2D eigenvalue weighted by Gasteiger charge is -2.07. The van der Waals surface area contributed by atoms with Crippen LogP contribution in [0.5, 0.6) is 11.6 Å². The first-order valence-electron chi connectivity index (χ1n) is 5.39. The zero-order valence-corrected chi connectivity index (χ0v) is 11.6. The molecule has 1 N–H and O–H groups in total. The SMILES string of the molecule is O=C(O)c1cc(Cl)nc(Oc2cc(Cl)ccc2[N+](=O)[O-])c1. The number of nitro groups is 1. The molecule has 0 amide bonds. The molecule has 0 spiro atoms. The van der Waals surface area contributed by atoms with Crippen LogP contribution in [0.15, 0.2) is 30.3 Å². The summed E-state index contributed by atoms with van der Waals surface area (Å²) in [4.78, 5) is 24.9. The Labute approximate surface area is 127 Å². The normalized spacial score (nSPS) is 10.2. The smallest absolute Gasteiger partial charge is 0.335 e. The number of carboxylic acids is 1. The number of carbonyl (C=O) groups is 1. The number of rotatable bonds is 4. The van der Waals surface area contributed by atoms with E-state index < -0.39 is 10.9 Å². The molecular formula is C12H6Cl2N2O5. The average molecular weight is 329 g/mol. The predicted molar refractivity (Wildman–Crippen MR) is 74.4 cm³/mol. The standard InChI is InChI=1S/C12H6Cl2N2O5/c13-7-1-2-8(16(19)20)9(5-7)21-11-4-6(12(17)18)3-10(14)15-11/h1-5H,(H,17,18). The number of halogens is 2. The van der Waals surface area contributed by atoms with E-state index in [1.165, 1.54) is 18.2 Å². The molecule has 1 heterocycles. The summed E-state index contributed by atoms with van der Waals surface area (Å²) >= 11 is 11.4. The molecule has 0 unspecified atom stereocenters. The van der Waals surface area contributed by atoms with Gasteiger partial charge in [-0.25, -0.2) is 9.78 Å². The minimum Gasteiger partial charge on any atom is -0.478 e. The number of ether oxygens (including phenoxy) is 1. The Morgan fingerprint density at radius 3 is 2.62 bits per heavy atom. The minimum atomic E-state index is -1.23. The van der Waals surface area contributed by atoms with Crippen molar-refractivity contribution in [3.8, 4) is 11.6 Å². The van der Waals surface area contributed by atoms with Crippen LogP contribution in [0.2, 0.25) is 10.2 Å². The molecule has 0 radical (unpaired) electrons. The van der Waals surface area contributed by atoms with Gasteiger partial charge in [-0.15, -0.1) is 0 Å². The van der Waals surface area contributed by atoms with E-state index in [4.69, 9.17) is 33.0 Å². The second-order valence-electron chi connectivity index (χ2n) is 3.79. The van der Waals surface area contributed by atoms with E-state index in [-0.39, 0.29) is 33.1 Å². The molecule has 21 heavy (non-hydrogen) atoms. The highest BCUT2D eigenvalue weighted by Gasteiger charge is 2.18. The van der Waals surface area contributed by atoms with E-state index in [9.17, 15) is 14.9 Å². The Morgan fingerprint density at radius 1 is 1.29 bits per heavy atom. The van der Waals surface area contributed by atoms with E-state index in [1.54, 1.807) is 0 Å². The molecule has 0 bridgehead atoms. The predicted octanol–water partition coefficient (Wildman–Crippen LogP) is 3.79. The molecule has 0 aliphatic carbocycles. The van der Waals surface area contributed by atoms with Crippen molar-refractivity contribution in [2.45, 2.75) is 0 Å². The first kappa shape index (κ1) is 15.0. The average Bonchev–Trinajstić information content (AvgIpc) is 2.37. The maximum Gasteiger partial charge on any atom is 0.335 e. The molecule has 0 saturated heterocycles. The molecular weight excluding hydrogens is 323 g/mol. The molecule has 0 aliphatic rings. The molecule has 2 aromatic rings. The fourth-order valence-electron chi connectivity index (χ4n) is 1.48. The van der Waals surface area contributed by atoms with E-state index in [0.29, 0.717) is 0 Å². The zero-order chi connectivity index (χ0) is 15.6. The van der Waals surface area contributed by atoms with Crippen molar-refractivity contribution in [3.05, 3.63) is 56.2 Å². The van der Waals surface area contributed by atoms with Gasteiger partial charge in [0.05, 0.1) is 10.5 Å². The first-order chi connectivity index (χ1) is 9.86. The van der Waals surface area contributed by atoms with Gasteiger partial charge in [0, 0.05) is 23.2 Å². The number of hydrogen-bond donors (Lipinski definition) is 1. The summed E-state index contributed by atoms with van der Waals surface area (Å²) in [5.41, 5.74) is -0.493. The third kappa shape index (κ3) is 3.59. The molecule has 0 saturated carbocycles. The van der Waals surface area contributed by atoms with Crippen molar-refractivity contribution in [2.24, 2.45) is 0 Å². The van der Waals surface area contributed by atoms with E-state index in [2.05, 4.69) is 4.98 Å². The number of aromatic nitrogens is 1. The van der Waals surface area contributed by atoms with Gasteiger partial charge in [0.25, 0.3) is 0 Å². The van der Waals surface area contributed by atoms with Crippen molar-refractivity contribution in [2.75, 3.05) is 0 Å². The van der Waals surface area contributed by atoms with Gasteiger partial charge in [-0.2, -0.15) is 0 Å². The number of pyridine rings is 1. The molecule has 9 heteroatoms. The van der Waals surface area contributed by atoms with Gasteiger partial charge in [0.2, 0.25) is 11.6 Å². The summed E-state index contributed by atoms with van der Waals surface area (Å²) in [6, 6.07) is 5.95. The van der Waals surface area contributed by atoms with Crippen LogP contribution in [0.1, 0.15) is 10.4 Å². The van der Waals surface area contributed by atoms with Gasteiger partial charge >= 0.3 is 11.7 Å². The Hall–Kier alpha value is -2.38. The monoisotopic (exact) mass is 328 g/mol. The summed E-state index contributed by atoms with van der Waals surface area (Å²) in [6.45, 7) is 0. The first-order valence-corrected chi connectivity index (χ1v) is 6.15. The number of carboxylic acid groups (broad SMARTS) is 1. The maximum absolute atomic E-state index is 10.9. The molecule has 0 aliphatic heterocycles. The molecule has 108 valence electrons. The van der Waals surface area contributed by atoms with E-state index >= 15 is 0 Å². The lowest BCUT2D eigenvalue weighted by molar-refractivity contribution is -0.385. The molecule has 2 rings (SSSR count). The largest absolute Gasteiger partial charge is 0.478 e. The van der Waals surface area contributed by atoms with Crippen LogP contribution in [-0.4, -0.2) is 21.0 Å². The second kappa shape index (κ2) is 5.94. The van der Waals surface area contributed by atoms with Crippen LogP contribution >= 0.6 is 23.2 Å². The van der Waals surface area contributed by atoms with Crippen molar-refractivity contribution in [1.82, 2.24) is 4.98 Å². The summed E-state index contributed by atoms with van der Waals surface area (Å²) in [6.07, 6.45) is 0. The number of nitro benzene ring substituents is 1. The topological polar surface area (TPSA) is 103 Å². The van der Waals surface area contributed by atoms with Crippen LogP contribution < -0.4 is 4.74 Å². The van der Waals surface area contributed by atoms with Crippen molar-refractivity contribution < 1.29 is 19.6 Å². The highest BCUT2D eigenvalue weighted by Crippen LogP contribution is 2.33. The van der Waals surface area contributed by atoms with Gasteiger partial charge < -0.3 is 9.84 Å². The van der Waals surface area contributed by atoms with Gasteiger partial charge in [0.15, 0.2) is 0 Å². The number of nitrogens with zero attached hydrogens (tertiary/aromatic N) is 2. The summed E-state index contributed by atoms with van der Waals surface area (Å²) in [7, 11) is 0. The lowest BCUT2D eigenvalue weighted by atomic mass is 10.2. The summed E-state index contributed by atoms with van der Waals surface area (Å²) in [5.74, 6) is -1.59. The zero-order valence-electron chi connectivity index (χ0n) is 10.1. The Morgan fingerprint density at radius 2 is 2.00 bits per heavy atom. The highest BCUT2D eigenvalue weighted by molar-refractivity contribution is 6.30. The lowest BCUT2D eigenvalue weighted by Crippen LogP contribution is -2.00. The van der Waals surface area contributed by atoms with E-state index in [0.717, 1.165) is 12.1 Å². The van der Waals surface area contributed by atoms with E-state index in [1.807, 2.05) is 0 Å². The fraction of sp³-hybridized carbons (Fsp3) is 0. The van der Waals surface area contributed by atoms with Crippen LogP contribution in [0.25, 0.3) is 0 Å². The Kier molecular flexibility index (Phi) is 4.25. The fourth-order valence-corrected chi connectivity index (χ4v) is 1.84. The van der Waals surface area contributed by atoms with Crippen LogP contribution in [0.4, 0.5) is 5.69 Å². The third-order valence-corrected chi connectivity index (χ3v) is 2.78. The minimum absolute atomic E-state index is 0.116. The second-order valence-corrected chi connectivity index (χ2v) is 4.62. The Bertz CT molecular complexity index is 736. The number of hydrogen-bond acceptors (Lipinski definition) is 5. The summed E-state index contributed by atoms with van der Waals surface area (Å²) in [5, 5.41) is 19.9. The number of aromatic carboxylic acids is 1. The van der Waals surface area contributed by atoms with Gasteiger partial charge in [0.1, 0.15) is 5.15 Å².